The summed E-state index contributed by atoms with van der Waals surface area (Å²) in [5, 5.41) is 10.3. The van der Waals surface area contributed by atoms with Crippen LogP contribution in [-0.2, 0) is 6.54 Å². The summed E-state index contributed by atoms with van der Waals surface area (Å²) in [5.41, 5.74) is 3.07. The molecule has 2 heterocycles. The average Bonchev–Trinajstić information content (AvgIpc) is 3.10. The lowest BCUT2D eigenvalue weighted by Gasteiger charge is -2.00. The largest absolute Gasteiger partial charge is 0.323 e. The Balaban J connectivity index is 1.95. The van der Waals surface area contributed by atoms with E-state index >= 15 is 0 Å². The van der Waals surface area contributed by atoms with E-state index in [4.69, 9.17) is 5.84 Å². The van der Waals surface area contributed by atoms with E-state index < -0.39 is 0 Å². The molecule has 0 unspecified atom stereocenters. The number of nitrogens with zero attached hydrogens (tertiary/aromatic N) is 3. The van der Waals surface area contributed by atoms with Gasteiger partial charge < -0.3 is 5.84 Å². The molecule has 0 aliphatic carbocycles. The first kappa shape index (κ1) is 12.6. The standard InChI is InChI=1S/C15H14N4S/c16-17-9-13-11-19(10-12-5-2-1-3-6-12)18-15(13)14-7-4-8-20-14/h1-9,11H,10,16H2/b17-9-. The molecule has 0 radical (unpaired) electrons. The van der Waals surface area contributed by atoms with Crippen LogP contribution in [0.5, 0.6) is 0 Å². The number of nitrogens with two attached hydrogens (primary N) is 1. The molecule has 0 aliphatic heterocycles. The number of rotatable bonds is 4. The second kappa shape index (κ2) is 5.71. The van der Waals surface area contributed by atoms with Crippen molar-refractivity contribution in [1.82, 2.24) is 9.78 Å². The van der Waals surface area contributed by atoms with Crippen molar-refractivity contribution in [3.8, 4) is 10.6 Å². The summed E-state index contributed by atoms with van der Waals surface area (Å²) in [6, 6.07) is 14.3. The van der Waals surface area contributed by atoms with Crippen LogP contribution in [0, 0.1) is 0 Å². The van der Waals surface area contributed by atoms with Crippen molar-refractivity contribution in [2.45, 2.75) is 6.54 Å². The molecule has 4 nitrogen and oxygen atoms in total. The minimum Gasteiger partial charge on any atom is -0.323 e. The lowest BCUT2D eigenvalue weighted by atomic mass is 10.2. The smallest absolute Gasteiger partial charge is 0.111 e. The van der Waals surface area contributed by atoms with Crippen LogP contribution < -0.4 is 5.84 Å². The third-order valence-corrected chi connectivity index (χ3v) is 3.82. The number of hydrazone groups is 1. The van der Waals surface area contributed by atoms with Crippen molar-refractivity contribution in [3.63, 3.8) is 0 Å². The monoisotopic (exact) mass is 282 g/mol. The Hall–Kier alpha value is -2.40. The van der Waals surface area contributed by atoms with Crippen LogP contribution in [-0.4, -0.2) is 16.0 Å². The lowest BCUT2D eigenvalue weighted by molar-refractivity contribution is 0.689. The van der Waals surface area contributed by atoms with Gasteiger partial charge in [-0.1, -0.05) is 36.4 Å². The molecule has 1 aromatic carbocycles. The maximum Gasteiger partial charge on any atom is 0.111 e. The van der Waals surface area contributed by atoms with E-state index in [2.05, 4.69) is 22.3 Å². The molecule has 0 saturated carbocycles. The topological polar surface area (TPSA) is 56.2 Å². The molecule has 100 valence electrons. The van der Waals surface area contributed by atoms with Crippen molar-refractivity contribution in [2.24, 2.45) is 10.9 Å². The third kappa shape index (κ3) is 2.62. The molecule has 2 N–H and O–H groups in total. The summed E-state index contributed by atoms with van der Waals surface area (Å²) in [4.78, 5) is 1.12. The molecule has 0 saturated heterocycles. The van der Waals surface area contributed by atoms with Crippen molar-refractivity contribution >= 4 is 17.6 Å². The molecule has 0 bridgehead atoms. The quantitative estimate of drug-likeness (QED) is 0.454. The second-order valence-electron chi connectivity index (χ2n) is 4.37. The fraction of sp³-hybridized carbons (Fsp3) is 0.0667. The minimum atomic E-state index is 0.734. The van der Waals surface area contributed by atoms with Gasteiger partial charge in [0.2, 0.25) is 0 Å². The first-order chi connectivity index (χ1) is 9.86. The predicted molar refractivity (Wildman–Crippen MR) is 82.9 cm³/mol. The Morgan fingerprint density at radius 2 is 2.05 bits per heavy atom. The highest BCUT2D eigenvalue weighted by atomic mass is 32.1. The van der Waals surface area contributed by atoms with Crippen molar-refractivity contribution in [1.29, 1.82) is 0 Å². The molecule has 0 aliphatic rings. The van der Waals surface area contributed by atoms with Gasteiger partial charge in [-0.25, -0.2) is 0 Å². The van der Waals surface area contributed by atoms with Gasteiger partial charge in [-0.3, -0.25) is 4.68 Å². The molecule has 0 spiro atoms. The Labute approximate surface area is 121 Å². The van der Waals surface area contributed by atoms with E-state index in [0.717, 1.165) is 22.7 Å². The molecule has 2 aromatic heterocycles. The van der Waals surface area contributed by atoms with Gasteiger partial charge in [0.25, 0.3) is 0 Å². The highest BCUT2D eigenvalue weighted by Gasteiger charge is 2.10. The van der Waals surface area contributed by atoms with Crippen molar-refractivity contribution in [2.75, 3.05) is 0 Å². The van der Waals surface area contributed by atoms with Crippen molar-refractivity contribution in [3.05, 3.63) is 65.2 Å². The molecular weight excluding hydrogens is 268 g/mol. The molecule has 5 heteroatoms. The van der Waals surface area contributed by atoms with E-state index in [9.17, 15) is 0 Å². The third-order valence-electron chi connectivity index (χ3n) is 2.95. The zero-order valence-electron chi connectivity index (χ0n) is 10.8. The minimum absolute atomic E-state index is 0.734. The molecule has 3 aromatic rings. The van der Waals surface area contributed by atoms with Crippen molar-refractivity contribution < 1.29 is 0 Å². The zero-order valence-corrected chi connectivity index (χ0v) is 11.6. The van der Waals surface area contributed by atoms with Crippen LogP contribution in [0.4, 0.5) is 0 Å². The van der Waals surface area contributed by atoms with Gasteiger partial charge in [-0.2, -0.15) is 10.2 Å². The molecule has 3 rings (SSSR count). The van der Waals surface area contributed by atoms with Gasteiger partial charge in [0.05, 0.1) is 17.6 Å². The molecular formula is C15H14N4S. The first-order valence-corrected chi connectivity index (χ1v) is 7.13. The summed E-state index contributed by atoms with van der Waals surface area (Å²) >= 11 is 1.66. The van der Waals surface area contributed by atoms with Gasteiger partial charge in [0.15, 0.2) is 0 Å². The van der Waals surface area contributed by atoms with Crippen LogP contribution >= 0.6 is 11.3 Å². The summed E-state index contributed by atoms with van der Waals surface area (Å²) in [7, 11) is 0. The van der Waals surface area contributed by atoms with E-state index in [0.29, 0.717) is 0 Å². The van der Waals surface area contributed by atoms with Crippen LogP contribution in [0.2, 0.25) is 0 Å². The van der Waals surface area contributed by atoms with Gasteiger partial charge in [0, 0.05) is 11.8 Å². The second-order valence-corrected chi connectivity index (χ2v) is 5.32. The number of hydrogen-bond acceptors (Lipinski definition) is 4. The normalized spacial score (nSPS) is 11.2. The zero-order chi connectivity index (χ0) is 13.8. The number of benzene rings is 1. The van der Waals surface area contributed by atoms with E-state index in [1.807, 2.05) is 46.6 Å². The fourth-order valence-corrected chi connectivity index (χ4v) is 2.80. The maximum atomic E-state index is 5.28. The molecule has 0 atom stereocenters. The average molecular weight is 282 g/mol. The summed E-state index contributed by atoms with van der Waals surface area (Å²) in [6.45, 7) is 0.734. The molecule has 0 fully saturated rings. The van der Waals surface area contributed by atoms with Gasteiger partial charge in [0.1, 0.15) is 5.69 Å². The maximum absolute atomic E-state index is 5.28. The molecule has 0 amide bonds. The van der Waals surface area contributed by atoms with E-state index in [1.54, 1.807) is 17.6 Å². The predicted octanol–water partition coefficient (Wildman–Crippen LogP) is 2.95. The van der Waals surface area contributed by atoms with Gasteiger partial charge in [-0.05, 0) is 17.0 Å². The Kier molecular flexibility index (Phi) is 3.60. The van der Waals surface area contributed by atoms with Crippen LogP contribution in [0.3, 0.4) is 0 Å². The summed E-state index contributed by atoms with van der Waals surface area (Å²) < 4.78 is 1.92. The number of thiophene rings is 1. The van der Waals surface area contributed by atoms with Crippen LogP contribution in [0.25, 0.3) is 10.6 Å². The SMILES string of the molecule is N/N=C\c1cn(Cc2ccccc2)nc1-c1cccs1. The number of hydrogen-bond donors (Lipinski definition) is 1. The number of aromatic nitrogens is 2. The van der Waals surface area contributed by atoms with E-state index in [-0.39, 0.29) is 0 Å². The lowest BCUT2D eigenvalue weighted by Crippen LogP contribution is -1.99. The van der Waals surface area contributed by atoms with E-state index in [1.165, 1.54) is 5.56 Å². The Morgan fingerprint density at radius 3 is 2.75 bits per heavy atom. The first-order valence-electron chi connectivity index (χ1n) is 6.25. The Morgan fingerprint density at radius 1 is 1.20 bits per heavy atom. The van der Waals surface area contributed by atoms with Gasteiger partial charge >= 0.3 is 0 Å². The molecule has 20 heavy (non-hydrogen) atoms. The van der Waals surface area contributed by atoms with Crippen LogP contribution in [0.1, 0.15) is 11.1 Å². The summed E-state index contributed by atoms with van der Waals surface area (Å²) in [5.74, 6) is 5.28. The highest BCUT2D eigenvalue weighted by Crippen LogP contribution is 2.25. The summed E-state index contributed by atoms with van der Waals surface area (Å²) in [6.07, 6.45) is 3.61. The van der Waals surface area contributed by atoms with Crippen LogP contribution in [0.15, 0.2) is 59.1 Å². The highest BCUT2D eigenvalue weighted by molar-refractivity contribution is 7.13. The van der Waals surface area contributed by atoms with Gasteiger partial charge in [-0.15, -0.1) is 11.3 Å². The Bertz CT molecular complexity index is 699. The fourth-order valence-electron chi connectivity index (χ4n) is 2.07.